The predicted molar refractivity (Wildman–Crippen MR) is 79.3 cm³/mol. The molecule has 4 heteroatoms. The highest BCUT2D eigenvalue weighted by Crippen LogP contribution is 2.17. The van der Waals surface area contributed by atoms with Crippen molar-refractivity contribution in [2.45, 2.75) is 59.9 Å². The molecule has 0 aliphatic heterocycles. The van der Waals surface area contributed by atoms with Gasteiger partial charge in [0.1, 0.15) is 0 Å². The Morgan fingerprint density at radius 1 is 0.789 bits per heavy atom. The van der Waals surface area contributed by atoms with Gasteiger partial charge < -0.3 is 13.3 Å². The van der Waals surface area contributed by atoms with Crippen LogP contribution in [-0.4, -0.2) is 27.1 Å². The summed E-state index contributed by atoms with van der Waals surface area (Å²) >= 11 is 0. The Morgan fingerprint density at radius 3 is 1.47 bits per heavy atom. The average Bonchev–Trinajstić information content (AvgIpc) is 2.27. The van der Waals surface area contributed by atoms with Gasteiger partial charge >= 0.3 is 8.80 Å². The third-order valence-corrected chi connectivity index (χ3v) is 5.63. The Morgan fingerprint density at radius 2 is 1.16 bits per heavy atom. The lowest BCUT2D eigenvalue weighted by Gasteiger charge is -2.34. The molecule has 1 aromatic rings. The van der Waals surface area contributed by atoms with Crippen molar-refractivity contribution in [3.05, 3.63) is 30.3 Å². The summed E-state index contributed by atoms with van der Waals surface area (Å²) in [6, 6.07) is 10.7. The molecule has 3 nitrogen and oxygen atoms in total. The maximum absolute atomic E-state index is 6.13. The number of hydrogen-bond donors (Lipinski definition) is 0. The van der Waals surface area contributed by atoms with Crippen LogP contribution in [0.3, 0.4) is 0 Å². The Labute approximate surface area is 118 Å². The van der Waals surface area contributed by atoms with Gasteiger partial charge in [-0.05, 0) is 47.6 Å². The number of rotatable bonds is 7. The minimum atomic E-state index is -2.88. The molecule has 0 fully saturated rings. The lowest BCUT2D eigenvalue weighted by atomic mass is 10.4. The van der Waals surface area contributed by atoms with E-state index in [1.54, 1.807) is 0 Å². The third kappa shape index (κ3) is 5.07. The lowest BCUT2D eigenvalue weighted by molar-refractivity contribution is 0.0153. The van der Waals surface area contributed by atoms with E-state index in [-0.39, 0.29) is 18.3 Å². The van der Waals surface area contributed by atoms with Crippen molar-refractivity contribution in [3.8, 4) is 0 Å². The number of hydrogen-bond acceptors (Lipinski definition) is 3. The molecule has 0 aromatic heterocycles. The fraction of sp³-hybridized carbons (Fsp3) is 0.600. The van der Waals surface area contributed by atoms with E-state index < -0.39 is 8.80 Å². The molecule has 1 aromatic carbocycles. The fourth-order valence-corrected chi connectivity index (χ4v) is 4.82. The zero-order valence-electron chi connectivity index (χ0n) is 12.8. The molecule has 0 aliphatic carbocycles. The Kier molecular flexibility index (Phi) is 6.20. The van der Waals surface area contributed by atoms with Crippen molar-refractivity contribution in [2.75, 3.05) is 0 Å². The van der Waals surface area contributed by atoms with Crippen LogP contribution in [0.15, 0.2) is 24.3 Å². The predicted octanol–water partition coefficient (Wildman–Crippen LogP) is 2.91. The molecule has 0 saturated carbocycles. The Bertz CT molecular complexity index is 336. The van der Waals surface area contributed by atoms with E-state index in [1.165, 1.54) is 0 Å². The van der Waals surface area contributed by atoms with E-state index in [0.29, 0.717) is 0 Å². The van der Waals surface area contributed by atoms with Crippen LogP contribution in [0.2, 0.25) is 0 Å². The first-order valence-electron chi connectivity index (χ1n) is 6.85. The van der Waals surface area contributed by atoms with Gasteiger partial charge in [-0.2, -0.15) is 0 Å². The minimum Gasteiger partial charge on any atom is -0.367 e. The molecule has 0 N–H and O–H groups in total. The molecule has 0 amide bonds. The van der Waals surface area contributed by atoms with E-state index >= 15 is 0 Å². The summed E-state index contributed by atoms with van der Waals surface area (Å²) in [6.07, 6.45) is 0.148. The van der Waals surface area contributed by atoms with E-state index in [4.69, 9.17) is 13.3 Å². The molecule has 0 unspecified atom stereocenters. The van der Waals surface area contributed by atoms with Crippen LogP contribution in [0, 0.1) is 6.07 Å². The lowest BCUT2D eigenvalue weighted by Crippen LogP contribution is -2.60. The summed E-state index contributed by atoms with van der Waals surface area (Å²) in [6.45, 7) is 12.0. The molecule has 107 valence electrons. The van der Waals surface area contributed by atoms with E-state index in [2.05, 4.69) is 6.07 Å². The molecule has 0 atom stereocenters. The average molecular weight is 281 g/mol. The van der Waals surface area contributed by atoms with Crippen LogP contribution in [0.25, 0.3) is 0 Å². The smallest absolute Gasteiger partial charge is 0.367 e. The van der Waals surface area contributed by atoms with Gasteiger partial charge in [0, 0.05) is 23.5 Å². The normalized spacial score (nSPS) is 12.7. The second kappa shape index (κ2) is 7.19. The minimum absolute atomic E-state index is 0.0494. The van der Waals surface area contributed by atoms with Crippen molar-refractivity contribution in [3.63, 3.8) is 0 Å². The molecule has 0 spiro atoms. The summed E-state index contributed by atoms with van der Waals surface area (Å²) in [5, 5.41) is 0.988. The third-order valence-electron chi connectivity index (χ3n) is 2.24. The van der Waals surface area contributed by atoms with Gasteiger partial charge in [-0.15, -0.1) is 0 Å². The SMILES string of the molecule is CC(C)O[Si](OC(C)C)(OC(C)C)c1cc[c]cc1. The summed E-state index contributed by atoms with van der Waals surface area (Å²) in [7, 11) is -2.88. The van der Waals surface area contributed by atoms with Crippen molar-refractivity contribution in [1.29, 1.82) is 0 Å². The highest BCUT2D eigenvalue weighted by Gasteiger charge is 2.46. The molecular formula is C15H25O3Si. The van der Waals surface area contributed by atoms with E-state index in [0.717, 1.165) is 5.19 Å². The second-order valence-electron chi connectivity index (χ2n) is 5.34. The Hall–Kier alpha value is -0.683. The largest absolute Gasteiger partial charge is 0.537 e. The van der Waals surface area contributed by atoms with Gasteiger partial charge in [0.15, 0.2) is 0 Å². The van der Waals surface area contributed by atoms with Gasteiger partial charge in [0.25, 0.3) is 0 Å². The van der Waals surface area contributed by atoms with Gasteiger partial charge in [0.2, 0.25) is 0 Å². The summed E-state index contributed by atoms with van der Waals surface area (Å²) < 4.78 is 18.4. The summed E-state index contributed by atoms with van der Waals surface area (Å²) in [4.78, 5) is 0. The standard InChI is InChI=1S/C15H25O3Si/c1-12(2)16-19(17-13(3)4,18-14(5)6)15-10-8-7-9-11-15/h8-14H,1-6H3. The summed E-state index contributed by atoms with van der Waals surface area (Å²) in [5.74, 6) is 0. The molecule has 1 rings (SSSR count). The van der Waals surface area contributed by atoms with Gasteiger partial charge in [-0.1, -0.05) is 24.3 Å². The topological polar surface area (TPSA) is 27.7 Å². The quantitative estimate of drug-likeness (QED) is 0.719. The maximum Gasteiger partial charge on any atom is 0.537 e. The monoisotopic (exact) mass is 281 g/mol. The zero-order valence-corrected chi connectivity index (χ0v) is 13.8. The van der Waals surface area contributed by atoms with Crippen LogP contribution < -0.4 is 5.19 Å². The van der Waals surface area contributed by atoms with Crippen molar-refractivity contribution >= 4 is 14.0 Å². The molecule has 1 radical (unpaired) electrons. The highest BCUT2D eigenvalue weighted by atomic mass is 28.4. The molecule has 0 saturated heterocycles. The van der Waals surface area contributed by atoms with Crippen LogP contribution >= 0.6 is 0 Å². The second-order valence-corrected chi connectivity index (χ2v) is 7.74. The van der Waals surface area contributed by atoms with Crippen LogP contribution in [0.5, 0.6) is 0 Å². The molecular weight excluding hydrogens is 256 g/mol. The van der Waals surface area contributed by atoms with Crippen molar-refractivity contribution < 1.29 is 13.3 Å². The number of benzene rings is 1. The molecule has 19 heavy (non-hydrogen) atoms. The van der Waals surface area contributed by atoms with Crippen LogP contribution in [-0.2, 0) is 13.3 Å². The van der Waals surface area contributed by atoms with Crippen LogP contribution in [0.4, 0.5) is 0 Å². The van der Waals surface area contributed by atoms with Gasteiger partial charge in [0.05, 0.1) is 0 Å². The first-order valence-corrected chi connectivity index (χ1v) is 8.58. The zero-order chi connectivity index (χ0) is 14.5. The molecule has 0 heterocycles. The summed E-state index contributed by atoms with van der Waals surface area (Å²) in [5.41, 5.74) is 0. The highest BCUT2D eigenvalue weighted by molar-refractivity contribution is 6.75. The first kappa shape index (κ1) is 16.4. The van der Waals surface area contributed by atoms with E-state index in [1.807, 2.05) is 65.8 Å². The Balaban J connectivity index is 3.16. The van der Waals surface area contributed by atoms with Crippen LogP contribution in [0.1, 0.15) is 41.5 Å². The fourth-order valence-electron chi connectivity index (χ4n) is 1.81. The molecule has 0 aliphatic rings. The van der Waals surface area contributed by atoms with E-state index in [9.17, 15) is 0 Å². The van der Waals surface area contributed by atoms with Crippen molar-refractivity contribution in [2.24, 2.45) is 0 Å². The van der Waals surface area contributed by atoms with Gasteiger partial charge in [-0.25, -0.2) is 0 Å². The van der Waals surface area contributed by atoms with Crippen molar-refractivity contribution in [1.82, 2.24) is 0 Å². The van der Waals surface area contributed by atoms with Gasteiger partial charge in [-0.3, -0.25) is 0 Å². The maximum atomic E-state index is 6.13. The molecule has 0 bridgehead atoms. The first-order chi connectivity index (χ1) is 8.85.